The van der Waals surface area contributed by atoms with E-state index in [1.807, 2.05) is 54.6 Å². The number of nitrogens with zero attached hydrogens (tertiary/aromatic N) is 1. The van der Waals surface area contributed by atoms with Gasteiger partial charge in [-0.3, -0.25) is 9.69 Å². The van der Waals surface area contributed by atoms with Gasteiger partial charge in [-0.25, -0.2) is 0 Å². The fraction of sp³-hybridized carbons (Fsp3) is 0. The van der Waals surface area contributed by atoms with Gasteiger partial charge >= 0.3 is 0 Å². The average molecular weight is 458 g/mol. The minimum absolute atomic E-state index is 0.178. The van der Waals surface area contributed by atoms with E-state index in [1.54, 1.807) is 24.3 Å². The maximum Gasteiger partial charge on any atom is 0.270 e. The monoisotopic (exact) mass is 457 g/mol. The second kappa shape index (κ2) is 8.59. The third-order valence-corrected chi connectivity index (χ3v) is 6.15. The molecule has 1 heterocycles. The number of rotatable bonds is 4. The van der Waals surface area contributed by atoms with Gasteiger partial charge in [-0.1, -0.05) is 71.4 Å². The van der Waals surface area contributed by atoms with Crippen LogP contribution in [-0.2, 0) is 4.79 Å². The van der Waals surface area contributed by atoms with Crippen LogP contribution in [0.1, 0.15) is 5.56 Å². The van der Waals surface area contributed by atoms with Gasteiger partial charge in [-0.15, -0.1) is 0 Å². The molecule has 4 rings (SSSR count). The summed E-state index contributed by atoms with van der Waals surface area (Å²) in [6, 6.07) is 22.0. The molecule has 0 N–H and O–H groups in total. The van der Waals surface area contributed by atoms with Crippen molar-refractivity contribution < 1.29 is 9.53 Å². The molecule has 1 fully saturated rings. The molecule has 0 aromatic heterocycles. The number of carbonyl (C=O) groups is 1. The number of carbonyl (C=O) groups excluding carboxylic acids is 1. The van der Waals surface area contributed by atoms with Crippen LogP contribution in [0, 0.1) is 0 Å². The van der Waals surface area contributed by atoms with E-state index >= 15 is 0 Å². The Morgan fingerprint density at radius 2 is 1.59 bits per heavy atom. The first-order valence-corrected chi connectivity index (χ1v) is 10.6. The highest BCUT2D eigenvalue weighted by atomic mass is 35.5. The van der Waals surface area contributed by atoms with Gasteiger partial charge in [-0.05, 0) is 60.2 Å². The van der Waals surface area contributed by atoms with Gasteiger partial charge in [0.1, 0.15) is 11.5 Å². The zero-order chi connectivity index (χ0) is 20.4. The van der Waals surface area contributed by atoms with Crippen molar-refractivity contribution in [2.45, 2.75) is 0 Å². The Morgan fingerprint density at radius 1 is 0.897 bits per heavy atom. The summed E-state index contributed by atoms with van der Waals surface area (Å²) in [6.45, 7) is 0. The lowest BCUT2D eigenvalue weighted by molar-refractivity contribution is -0.113. The van der Waals surface area contributed by atoms with Gasteiger partial charge in [-0.2, -0.15) is 0 Å². The first kappa shape index (κ1) is 20.0. The van der Waals surface area contributed by atoms with Crippen molar-refractivity contribution >= 4 is 69.2 Å². The minimum Gasteiger partial charge on any atom is -0.457 e. The molecule has 0 spiro atoms. The zero-order valence-electron chi connectivity index (χ0n) is 14.8. The molecule has 3 aromatic rings. The summed E-state index contributed by atoms with van der Waals surface area (Å²) >= 11 is 18.7. The topological polar surface area (TPSA) is 29.5 Å². The van der Waals surface area contributed by atoms with Gasteiger partial charge in [0.05, 0.1) is 20.6 Å². The Kier molecular flexibility index (Phi) is 5.92. The van der Waals surface area contributed by atoms with E-state index in [9.17, 15) is 4.79 Å². The quantitative estimate of drug-likeness (QED) is 0.306. The number of thiocarbonyl (C=S) groups is 1. The second-order valence-corrected chi connectivity index (χ2v) is 8.59. The summed E-state index contributed by atoms with van der Waals surface area (Å²) in [7, 11) is 0. The third-order valence-electron chi connectivity index (χ3n) is 4.11. The molecule has 1 aliphatic rings. The van der Waals surface area contributed by atoms with Crippen LogP contribution in [0.4, 0.5) is 5.69 Å². The molecule has 0 saturated carbocycles. The van der Waals surface area contributed by atoms with Crippen LogP contribution in [0.15, 0.2) is 77.7 Å². The molecule has 0 unspecified atom stereocenters. The van der Waals surface area contributed by atoms with Crippen molar-refractivity contribution in [1.29, 1.82) is 0 Å². The molecule has 3 aromatic carbocycles. The van der Waals surface area contributed by atoms with Gasteiger partial charge in [0.25, 0.3) is 5.91 Å². The van der Waals surface area contributed by atoms with E-state index in [0.717, 1.165) is 11.3 Å². The summed E-state index contributed by atoms with van der Waals surface area (Å²) in [4.78, 5) is 14.9. The number of halogens is 2. The summed E-state index contributed by atoms with van der Waals surface area (Å²) in [5.74, 6) is 1.25. The molecular formula is C22H13Cl2NO2S2. The highest BCUT2D eigenvalue weighted by Gasteiger charge is 2.33. The van der Waals surface area contributed by atoms with Crippen molar-refractivity contribution in [3.05, 3.63) is 93.3 Å². The van der Waals surface area contributed by atoms with E-state index in [2.05, 4.69) is 0 Å². The van der Waals surface area contributed by atoms with Crippen molar-refractivity contribution in [2.24, 2.45) is 0 Å². The molecule has 1 saturated heterocycles. The average Bonchev–Trinajstić information content (AvgIpc) is 2.99. The molecule has 144 valence electrons. The Labute approximate surface area is 187 Å². The molecular weight excluding hydrogens is 445 g/mol. The number of anilines is 1. The number of ether oxygens (including phenoxy) is 1. The second-order valence-electron chi connectivity index (χ2n) is 6.10. The van der Waals surface area contributed by atoms with Crippen LogP contribution in [0.25, 0.3) is 6.08 Å². The number of para-hydroxylation sites is 1. The fourth-order valence-electron chi connectivity index (χ4n) is 2.73. The molecule has 0 aliphatic carbocycles. The summed E-state index contributed by atoms with van der Waals surface area (Å²) in [5, 5.41) is 0.902. The van der Waals surface area contributed by atoms with Gasteiger partial charge in [0.15, 0.2) is 4.32 Å². The van der Waals surface area contributed by atoms with E-state index in [1.165, 1.54) is 16.7 Å². The largest absolute Gasteiger partial charge is 0.457 e. The van der Waals surface area contributed by atoms with E-state index in [-0.39, 0.29) is 5.91 Å². The number of benzene rings is 3. The third kappa shape index (κ3) is 4.49. The lowest BCUT2D eigenvalue weighted by Gasteiger charge is -2.15. The highest BCUT2D eigenvalue weighted by Crippen LogP contribution is 2.37. The highest BCUT2D eigenvalue weighted by molar-refractivity contribution is 8.27. The predicted molar refractivity (Wildman–Crippen MR) is 125 cm³/mol. The summed E-state index contributed by atoms with van der Waals surface area (Å²) in [6.07, 6.45) is 1.76. The van der Waals surface area contributed by atoms with E-state index in [0.29, 0.717) is 30.7 Å². The number of hydrogen-bond acceptors (Lipinski definition) is 4. The van der Waals surface area contributed by atoms with Crippen LogP contribution >= 0.6 is 47.2 Å². The van der Waals surface area contributed by atoms with Crippen LogP contribution in [-0.4, -0.2) is 10.2 Å². The lowest BCUT2D eigenvalue weighted by atomic mass is 10.2. The van der Waals surface area contributed by atoms with Crippen molar-refractivity contribution in [3.8, 4) is 11.5 Å². The Bertz CT molecular complexity index is 1120. The van der Waals surface area contributed by atoms with Gasteiger partial charge in [0, 0.05) is 0 Å². The molecule has 0 bridgehead atoms. The summed E-state index contributed by atoms with van der Waals surface area (Å²) in [5.41, 5.74) is 1.47. The minimum atomic E-state index is -0.178. The first-order chi connectivity index (χ1) is 14.0. The first-order valence-electron chi connectivity index (χ1n) is 8.57. The van der Waals surface area contributed by atoms with Crippen LogP contribution < -0.4 is 9.64 Å². The number of amides is 1. The molecule has 0 atom stereocenters. The zero-order valence-corrected chi connectivity index (χ0v) is 18.0. The Balaban J connectivity index is 1.54. The maximum absolute atomic E-state index is 12.9. The molecule has 3 nitrogen and oxygen atoms in total. The molecule has 1 aliphatic heterocycles. The van der Waals surface area contributed by atoms with Crippen LogP contribution in [0.5, 0.6) is 11.5 Å². The molecule has 29 heavy (non-hydrogen) atoms. The predicted octanol–water partition coefficient (Wildman–Crippen LogP) is 7.19. The smallest absolute Gasteiger partial charge is 0.270 e. The molecule has 7 heteroatoms. The molecule has 1 amide bonds. The number of hydrogen-bond donors (Lipinski definition) is 0. The van der Waals surface area contributed by atoms with Gasteiger partial charge in [0.2, 0.25) is 0 Å². The fourth-order valence-corrected chi connectivity index (χ4v) is 4.34. The van der Waals surface area contributed by atoms with E-state index < -0.39 is 0 Å². The standard InChI is InChI=1S/C22H13Cl2NO2S2/c23-18-11-6-14(12-19(18)24)13-20-21(26)25(22(28)29-20)15-7-9-17(10-8-15)27-16-4-2-1-3-5-16/h1-13H/b20-13-. The maximum atomic E-state index is 12.9. The number of thioether (sulfide) groups is 1. The van der Waals surface area contributed by atoms with Crippen molar-refractivity contribution in [3.63, 3.8) is 0 Å². The summed E-state index contributed by atoms with van der Waals surface area (Å²) < 4.78 is 6.26. The SMILES string of the molecule is O=C1/C(=C/c2ccc(Cl)c(Cl)c2)SC(=S)N1c1ccc(Oc2ccccc2)cc1. The Hall–Kier alpha value is -2.31. The van der Waals surface area contributed by atoms with Gasteiger partial charge < -0.3 is 4.74 Å². The molecule has 0 radical (unpaired) electrons. The normalized spacial score (nSPS) is 15.2. The lowest BCUT2D eigenvalue weighted by Crippen LogP contribution is -2.27. The Morgan fingerprint density at radius 3 is 2.28 bits per heavy atom. The van der Waals surface area contributed by atoms with Crippen molar-refractivity contribution in [1.82, 2.24) is 0 Å². The van der Waals surface area contributed by atoms with Crippen LogP contribution in [0.2, 0.25) is 10.0 Å². The van der Waals surface area contributed by atoms with E-state index in [4.69, 9.17) is 40.2 Å². The van der Waals surface area contributed by atoms with Crippen molar-refractivity contribution in [2.75, 3.05) is 4.90 Å². The van der Waals surface area contributed by atoms with Crippen LogP contribution in [0.3, 0.4) is 0 Å².